The number of nitrogens with one attached hydrogen (secondary N) is 1. The van der Waals surface area contributed by atoms with Crippen LogP contribution in [0, 0.1) is 0 Å². The van der Waals surface area contributed by atoms with E-state index in [1.165, 1.54) is 0 Å². The van der Waals surface area contributed by atoms with Crippen LogP contribution >= 0.6 is 0 Å². The van der Waals surface area contributed by atoms with Crippen LogP contribution in [0.15, 0.2) is 24.5 Å². The van der Waals surface area contributed by atoms with Crippen LogP contribution in [0.5, 0.6) is 5.88 Å². The van der Waals surface area contributed by atoms with Crippen LogP contribution in [-0.2, 0) is 11.3 Å². The molecule has 1 aliphatic heterocycles. The molecule has 0 aliphatic carbocycles. The van der Waals surface area contributed by atoms with Gasteiger partial charge < -0.3 is 14.5 Å². The monoisotopic (exact) mass is 289 g/mol. The van der Waals surface area contributed by atoms with Gasteiger partial charge in [-0.15, -0.1) is 5.10 Å². The molecule has 1 N–H and O–H groups in total. The normalized spacial score (nSPS) is 22.6. The van der Waals surface area contributed by atoms with Gasteiger partial charge in [-0.1, -0.05) is 0 Å². The summed E-state index contributed by atoms with van der Waals surface area (Å²) in [5, 5.41) is 8.20. The van der Waals surface area contributed by atoms with E-state index in [-0.39, 0.29) is 12.1 Å². The number of nitrogens with zero attached hydrogens (tertiary/aromatic N) is 4. The molecule has 0 saturated carbocycles. The van der Waals surface area contributed by atoms with Crippen molar-refractivity contribution in [3.63, 3.8) is 0 Å². The molecule has 0 spiro atoms. The van der Waals surface area contributed by atoms with Crippen molar-refractivity contribution in [2.45, 2.75) is 25.1 Å². The zero-order valence-electron chi connectivity index (χ0n) is 12.2. The maximum absolute atomic E-state index is 5.50. The zero-order chi connectivity index (χ0) is 14.7. The fourth-order valence-electron chi connectivity index (χ4n) is 2.70. The lowest BCUT2D eigenvalue weighted by Crippen LogP contribution is -2.26. The summed E-state index contributed by atoms with van der Waals surface area (Å²) in [5.41, 5.74) is 0.907. The minimum absolute atomic E-state index is 0.214. The van der Waals surface area contributed by atoms with E-state index in [0.29, 0.717) is 12.4 Å². The second-order valence-electron chi connectivity index (χ2n) is 5.08. The Kier molecular flexibility index (Phi) is 4.12. The van der Waals surface area contributed by atoms with Gasteiger partial charge in [-0.25, -0.2) is 4.98 Å². The van der Waals surface area contributed by atoms with Crippen LogP contribution in [0.4, 0.5) is 0 Å². The molecular formula is C14H19N5O2. The molecule has 0 aromatic carbocycles. The molecule has 21 heavy (non-hydrogen) atoms. The van der Waals surface area contributed by atoms with Crippen molar-refractivity contribution < 1.29 is 9.47 Å². The Labute approximate surface area is 123 Å². The maximum Gasteiger partial charge on any atom is 0.233 e. The molecule has 2 atom stereocenters. The van der Waals surface area contributed by atoms with Crippen molar-refractivity contribution in [1.29, 1.82) is 0 Å². The molecule has 1 fully saturated rings. The van der Waals surface area contributed by atoms with Crippen molar-refractivity contribution >= 4 is 0 Å². The van der Waals surface area contributed by atoms with Gasteiger partial charge >= 0.3 is 0 Å². The van der Waals surface area contributed by atoms with Gasteiger partial charge in [0.25, 0.3) is 0 Å². The van der Waals surface area contributed by atoms with Gasteiger partial charge in [0.05, 0.1) is 24.9 Å². The Bertz CT molecular complexity index is 557. The highest BCUT2D eigenvalue weighted by Gasteiger charge is 2.34. The number of rotatable bonds is 5. The fourth-order valence-corrected chi connectivity index (χ4v) is 2.70. The average molecular weight is 289 g/mol. The highest BCUT2D eigenvalue weighted by atomic mass is 16.5. The molecule has 1 unspecified atom stereocenters. The molecule has 0 bridgehead atoms. The Hall–Kier alpha value is -1.99. The molecule has 3 rings (SSSR count). The third-order valence-electron chi connectivity index (χ3n) is 3.80. The van der Waals surface area contributed by atoms with Crippen LogP contribution in [0.2, 0.25) is 0 Å². The molecule has 0 radical (unpaired) electrons. The van der Waals surface area contributed by atoms with E-state index in [4.69, 9.17) is 9.47 Å². The number of hydrogen-bond acceptors (Lipinski definition) is 6. The number of ether oxygens (including phenoxy) is 2. The van der Waals surface area contributed by atoms with E-state index < -0.39 is 0 Å². The lowest BCUT2D eigenvalue weighted by Gasteiger charge is -2.21. The van der Waals surface area contributed by atoms with Gasteiger partial charge in [-0.05, 0) is 12.5 Å². The standard InChI is InChI=1S/C14H19N5O2/c1-20-11-7-12(14-15-5-6-16-14)19(9-11)8-10-3-4-13(21-2)18-17-10/h3-6,11-12H,7-9H2,1-2H3,(H,15,16)/t11-,12?/m1/s1. The smallest absolute Gasteiger partial charge is 0.233 e. The average Bonchev–Trinajstić information content (AvgIpc) is 3.17. The topological polar surface area (TPSA) is 76.2 Å². The van der Waals surface area contributed by atoms with Crippen LogP contribution in [-0.4, -0.2) is 51.9 Å². The summed E-state index contributed by atoms with van der Waals surface area (Å²) in [7, 11) is 3.33. The summed E-state index contributed by atoms with van der Waals surface area (Å²) in [5.74, 6) is 1.49. The van der Waals surface area contributed by atoms with Gasteiger partial charge in [0.15, 0.2) is 0 Å². The van der Waals surface area contributed by atoms with Crippen molar-refractivity contribution in [3.8, 4) is 5.88 Å². The molecule has 1 aliphatic rings. The predicted molar refractivity (Wildman–Crippen MR) is 75.7 cm³/mol. The number of hydrogen-bond donors (Lipinski definition) is 1. The first kappa shape index (κ1) is 14.0. The van der Waals surface area contributed by atoms with E-state index in [1.54, 1.807) is 20.4 Å². The summed E-state index contributed by atoms with van der Waals surface area (Å²) < 4.78 is 10.5. The Balaban J connectivity index is 1.74. The third kappa shape index (κ3) is 3.03. The fraction of sp³-hybridized carbons (Fsp3) is 0.500. The van der Waals surface area contributed by atoms with Crippen LogP contribution < -0.4 is 4.74 Å². The zero-order valence-corrected chi connectivity index (χ0v) is 12.2. The van der Waals surface area contributed by atoms with Crippen molar-refractivity contribution in [3.05, 3.63) is 36.0 Å². The minimum Gasteiger partial charge on any atom is -0.480 e. The maximum atomic E-state index is 5.50. The number of aromatic amines is 1. The van der Waals surface area contributed by atoms with Gasteiger partial charge in [0, 0.05) is 38.7 Å². The number of likely N-dealkylation sites (tertiary alicyclic amines) is 1. The second-order valence-corrected chi connectivity index (χ2v) is 5.08. The summed E-state index contributed by atoms with van der Waals surface area (Å²) in [6, 6.07) is 3.98. The van der Waals surface area contributed by atoms with Crippen LogP contribution in [0.25, 0.3) is 0 Å². The molecule has 3 heterocycles. The van der Waals surface area contributed by atoms with E-state index in [2.05, 4.69) is 25.1 Å². The SMILES string of the molecule is COc1ccc(CN2C[C@H](OC)CC2c2ncc[nH]2)nn1. The predicted octanol–water partition coefficient (Wildman–Crippen LogP) is 1.17. The minimum atomic E-state index is 0.214. The van der Waals surface area contributed by atoms with E-state index in [0.717, 1.165) is 24.5 Å². The first-order chi connectivity index (χ1) is 10.3. The molecule has 112 valence electrons. The lowest BCUT2D eigenvalue weighted by atomic mass is 10.2. The number of aromatic nitrogens is 4. The summed E-state index contributed by atoms with van der Waals surface area (Å²) >= 11 is 0. The highest BCUT2D eigenvalue weighted by Crippen LogP contribution is 2.32. The van der Waals surface area contributed by atoms with Crippen LogP contribution in [0.1, 0.15) is 24.0 Å². The quantitative estimate of drug-likeness (QED) is 0.890. The molecule has 7 nitrogen and oxygen atoms in total. The summed E-state index contributed by atoms with van der Waals surface area (Å²) in [6.45, 7) is 1.57. The van der Waals surface area contributed by atoms with E-state index >= 15 is 0 Å². The van der Waals surface area contributed by atoms with E-state index in [9.17, 15) is 0 Å². The van der Waals surface area contributed by atoms with Crippen LogP contribution in [0.3, 0.4) is 0 Å². The third-order valence-corrected chi connectivity index (χ3v) is 3.80. The number of H-pyrrole nitrogens is 1. The second kappa shape index (κ2) is 6.19. The molecule has 7 heteroatoms. The highest BCUT2D eigenvalue weighted by molar-refractivity contribution is 5.12. The summed E-state index contributed by atoms with van der Waals surface area (Å²) in [6.07, 6.45) is 4.77. The van der Waals surface area contributed by atoms with Gasteiger partial charge in [0.2, 0.25) is 5.88 Å². The molecule has 2 aromatic heterocycles. The summed E-state index contributed by atoms with van der Waals surface area (Å²) in [4.78, 5) is 9.88. The largest absolute Gasteiger partial charge is 0.480 e. The first-order valence-corrected chi connectivity index (χ1v) is 6.93. The van der Waals surface area contributed by atoms with Crippen molar-refractivity contribution in [2.75, 3.05) is 20.8 Å². The Morgan fingerprint density at radius 2 is 2.24 bits per heavy atom. The molecule has 2 aromatic rings. The number of methoxy groups -OCH3 is 2. The molecule has 1 saturated heterocycles. The van der Waals surface area contributed by atoms with E-state index in [1.807, 2.05) is 18.3 Å². The first-order valence-electron chi connectivity index (χ1n) is 6.93. The number of imidazole rings is 1. The van der Waals surface area contributed by atoms with Crippen molar-refractivity contribution in [2.24, 2.45) is 0 Å². The van der Waals surface area contributed by atoms with Gasteiger partial charge in [-0.3, -0.25) is 4.90 Å². The lowest BCUT2D eigenvalue weighted by molar-refractivity contribution is 0.107. The van der Waals surface area contributed by atoms with Gasteiger partial charge in [-0.2, -0.15) is 5.10 Å². The Morgan fingerprint density at radius 1 is 1.33 bits per heavy atom. The van der Waals surface area contributed by atoms with Gasteiger partial charge in [0.1, 0.15) is 5.82 Å². The van der Waals surface area contributed by atoms with Crippen molar-refractivity contribution in [1.82, 2.24) is 25.1 Å². The molecule has 0 amide bonds. The Morgan fingerprint density at radius 3 is 2.86 bits per heavy atom. The molecular weight excluding hydrogens is 270 g/mol.